The van der Waals surface area contributed by atoms with E-state index in [1.165, 1.54) is 0 Å². The molecular formula is C13H21NO3. The predicted molar refractivity (Wildman–Crippen MR) is 63.1 cm³/mol. The summed E-state index contributed by atoms with van der Waals surface area (Å²) in [7, 11) is 0. The largest absolute Gasteiger partial charge is 0.373 e. The first-order chi connectivity index (χ1) is 8.00. The summed E-state index contributed by atoms with van der Waals surface area (Å²) in [6.07, 6.45) is 3.23. The highest BCUT2D eigenvalue weighted by Crippen LogP contribution is 2.34. The van der Waals surface area contributed by atoms with Crippen LogP contribution in [-0.4, -0.2) is 34.0 Å². The number of likely N-dealkylation sites (tertiary alicyclic amines) is 1. The van der Waals surface area contributed by atoms with Crippen LogP contribution in [0.25, 0.3) is 0 Å². The Kier molecular flexibility index (Phi) is 3.52. The van der Waals surface area contributed by atoms with Crippen molar-refractivity contribution in [3.05, 3.63) is 0 Å². The van der Waals surface area contributed by atoms with Crippen molar-refractivity contribution in [2.75, 3.05) is 0 Å². The van der Waals surface area contributed by atoms with E-state index in [9.17, 15) is 14.7 Å². The first kappa shape index (κ1) is 12.6. The van der Waals surface area contributed by atoms with Gasteiger partial charge in [0.05, 0.1) is 0 Å². The van der Waals surface area contributed by atoms with E-state index in [4.69, 9.17) is 0 Å². The SMILES string of the molecule is CC(=O)C1CCC(N2C(=O)CC(C)C2O)CC1. The normalized spacial score (nSPS) is 38.5. The number of rotatable bonds is 2. The molecule has 2 unspecified atom stereocenters. The molecular weight excluding hydrogens is 218 g/mol. The number of ketones is 1. The van der Waals surface area contributed by atoms with E-state index in [1.54, 1.807) is 11.8 Å². The number of carbonyl (C=O) groups excluding carboxylic acids is 2. The first-order valence-corrected chi connectivity index (χ1v) is 6.50. The van der Waals surface area contributed by atoms with Gasteiger partial charge in [0.1, 0.15) is 12.0 Å². The molecule has 2 atom stereocenters. The molecule has 1 amide bonds. The minimum absolute atomic E-state index is 0.0352. The zero-order valence-electron chi connectivity index (χ0n) is 10.6. The lowest BCUT2D eigenvalue weighted by molar-refractivity contribution is -0.138. The van der Waals surface area contributed by atoms with E-state index in [0.717, 1.165) is 25.7 Å². The van der Waals surface area contributed by atoms with Gasteiger partial charge in [-0.3, -0.25) is 9.59 Å². The monoisotopic (exact) mass is 239 g/mol. The molecule has 1 saturated heterocycles. The van der Waals surface area contributed by atoms with Gasteiger partial charge in [-0.2, -0.15) is 0 Å². The fourth-order valence-electron chi connectivity index (χ4n) is 3.09. The lowest BCUT2D eigenvalue weighted by atomic mass is 9.83. The maximum absolute atomic E-state index is 11.8. The summed E-state index contributed by atoms with van der Waals surface area (Å²) in [6.45, 7) is 3.55. The van der Waals surface area contributed by atoms with Gasteiger partial charge in [-0.25, -0.2) is 0 Å². The fraction of sp³-hybridized carbons (Fsp3) is 0.846. The van der Waals surface area contributed by atoms with E-state index in [-0.39, 0.29) is 29.6 Å². The summed E-state index contributed by atoms with van der Waals surface area (Å²) in [5, 5.41) is 9.99. The molecule has 0 bridgehead atoms. The van der Waals surface area contributed by atoms with Crippen molar-refractivity contribution in [1.82, 2.24) is 4.90 Å². The average Bonchev–Trinajstić information content (AvgIpc) is 2.53. The van der Waals surface area contributed by atoms with Gasteiger partial charge >= 0.3 is 0 Å². The Bertz CT molecular complexity index is 321. The maximum Gasteiger partial charge on any atom is 0.225 e. The van der Waals surface area contributed by atoms with Crippen molar-refractivity contribution in [1.29, 1.82) is 0 Å². The van der Waals surface area contributed by atoms with Gasteiger partial charge < -0.3 is 10.0 Å². The number of aliphatic hydroxyl groups is 1. The van der Waals surface area contributed by atoms with Crippen molar-refractivity contribution in [2.24, 2.45) is 11.8 Å². The maximum atomic E-state index is 11.8. The summed E-state index contributed by atoms with van der Waals surface area (Å²) in [5.74, 6) is 0.521. The van der Waals surface area contributed by atoms with Crippen LogP contribution in [0.3, 0.4) is 0 Å². The molecule has 1 aliphatic heterocycles. The van der Waals surface area contributed by atoms with Crippen LogP contribution in [0.2, 0.25) is 0 Å². The molecule has 0 spiro atoms. The van der Waals surface area contributed by atoms with Crippen molar-refractivity contribution < 1.29 is 14.7 Å². The smallest absolute Gasteiger partial charge is 0.225 e. The molecule has 0 aromatic carbocycles. The topological polar surface area (TPSA) is 57.6 Å². The molecule has 1 N–H and O–H groups in total. The van der Waals surface area contributed by atoms with E-state index in [1.807, 2.05) is 6.92 Å². The van der Waals surface area contributed by atoms with Gasteiger partial charge in [0.15, 0.2) is 0 Å². The van der Waals surface area contributed by atoms with Gasteiger partial charge in [-0.1, -0.05) is 6.92 Å². The Hall–Kier alpha value is -0.900. The van der Waals surface area contributed by atoms with Crippen LogP contribution < -0.4 is 0 Å². The lowest BCUT2D eigenvalue weighted by Crippen LogP contribution is -2.45. The molecule has 1 saturated carbocycles. The molecule has 2 fully saturated rings. The minimum atomic E-state index is -0.624. The number of carbonyl (C=O) groups is 2. The molecule has 4 nitrogen and oxygen atoms in total. The lowest BCUT2D eigenvalue weighted by Gasteiger charge is -2.36. The van der Waals surface area contributed by atoms with Crippen molar-refractivity contribution >= 4 is 11.7 Å². The Morgan fingerprint density at radius 1 is 1.29 bits per heavy atom. The molecule has 17 heavy (non-hydrogen) atoms. The van der Waals surface area contributed by atoms with E-state index < -0.39 is 6.23 Å². The number of aliphatic hydroxyl groups excluding tert-OH is 1. The molecule has 2 rings (SSSR count). The summed E-state index contributed by atoms with van der Waals surface area (Å²) in [4.78, 5) is 24.7. The molecule has 0 radical (unpaired) electrons. The van der Waals surface area contributed by atoms with Gasteiger partial charge in [-0.15, -0.1) is 0 Å². The number of Topliss-reactive ketones (excluding diaryl/α,β-unsaturated/α-hetero) is 1. The second kappa shape index (κ2) is 4.77. The van der Waals surface area contributed by atoms with Crippen LogP contribution in [0.1, 0.15) is 46.0 Å². The van der Waals surface area contributed by atoms with Crippen LogP contribution in [0, 0.1) is 11.8 Å². The summed E-state index contributed by atoms with van der Waals surface area (Å²) < 4.78 is 0. The molecule has 96 valence electrons. The number of nitrogens with zero attached hydrogens (tertiary/aromatic N) is 1. The standard InChI is InChI=1S/C13H21NO3/c1-8-7-12(16)14(13(8)17)11-5-3-10(4-6-11)9(2)15/h8,10-11,13,17H,3-7H2,1-2H3. The van der Waals surface area contributed by atoms with E-state index in [2.05, 4.69) is 0 Å². The van der Waals surface area contributed by atoms with E-state index >= 15 is 0 Å². The molecule has 0 aromatic rings. The van der Waals surface area contributed by atoms with Crippen LogP contribution in [0.4, 0.5) is 0 Å². The van der Waals surface area contributed by atoms with Crippen LogP contribution in [0.5, 0.6) is 0 Å². The number of amides is 1. The van der Waals surface area contributed by atoms with Crippen molar-refractivity contribution in [3.8, 4) is 0 Å². The number of hydrogen-bond acceptors (Lipinski definition) is 3. The highest BCUT2D eigenvalue weighted by molar-refractivity contribution is 5.80. The Morgan fingerprint density at radius 3 is 2.29 bits per heavy atom. The highest BCUT2D eigenvalue weighted by Gasteiger charge is 2.41. The third-order valence-electron chi connectivity index (χ3n) is 4.24. The Labute approximate surface area is 102 Å². The predicted octanol–water partition coefficient (Wildman–Crippen LogP) is 1.32. The third kappa shape index (κ3) is 2.37. The Morgan fingerprint density at radius 2 is 1.88 bits per heavy atom. The van der Waals surface area contributed by atoms with Crippen LogP contribution in [0.15, 0.2) is 0 Å². The highest BCUT2D eigenvalue weighted by atomic mass is 16.3. The second-order valence-corrected chi connectivity index (χ2v) is 5.51. The van der Waals surface area contributed by atoms with Gasteiger partial charge in [0, 0.05) is 24.3 Å². The quantitative estimate of drug-likeness (QED) is 0.790. The third-order valence-corrected chi connectivity index (χ3v) is 4.24. The fourth-order valence-corrected chi connectivity index (χ4v) is 3.09. The molecule has 0 aromatic heterocycles. The van der Waals surface area contributed by atoms with E-state index in [0.29, 0.717) is 6.42 Å². The zero-order chi connectivity index (χ0) is 12.6. The van der Waals surface area contributed by atoms with Gasteiger partial charge in [-0.05, 0) is 32.6 Å². The summed E-state index contributed by atoms with van der Waals surface area (Å²) >= 11 is 0. The van der Waals surface area contributed by atoms with Crippen LogP contribution >= 0.6 is 0 Å². The molecule has 1 heterocycles. The van der Waals surface area contributed by atoms with Crippen LogP contribution in [-0.2, 0) is 9.59 Å². The zero-order valence-corrected chi connectivity index (χ0v) is 10.6. The van der Waals surface area contributed by atoms with Gasteiger partial charge in [0.2, 0.25) is 5.91 Å². The minimum Gasteiger partial charge on any atom is -0.373 e. The summed E-state index contributed by atoms with van der Waals surface area (Å²) in [5.41, 5.74) is 0. The van der Waals surface area contributed by atoms with Crippen molar-refractivity contribution in [3.63, 3.8) is 0 Å². The van der Waals surface area contributed by atoms with Crippen molar-refractivity contribution in [2.45, 2.75) is 58.2 Å². The molecule has 2 aliphatic rings. The average molecular weight is 239 g/mol. The Balaban J connectivity index is 1.97. The molecule has 4 heteroatoms. The second-order valence-electron chi connectivity index (χ2n) is 5.51. The first-order valence-electron chi connectivity index (χ1n) is 6.50. The van der Waals surface area contributed by atoms with Gasteiger partial charge in [0.25, 0.3) is 0 Å². The summed E-state index contributed by atoms with van der Waals surface area (Å²) in [6, 6.07) is 0.137. The molecule has 1 aliphatic carbocycles. The number of hydrogen-bond donors (Lipinski definition) is 1.